The molecule has 1 atom stereocenters. The smallest absolute Gasteiger partial charge is 0.281 e. The summed E-state index contributed by atoms with van der Waals surface area (Å²) in [4.78, 5) is 49.0. The van der Waals surface area contributed by atoms with Gasteiger partial charge < -0.3 is 0 Å². The van der Waals surface area contributed by atoms with Crippen molar-refractivity contribution in [1.29, 1.82) is 0 Å². The van der Waals surface area contributed by atoms with Crippen molar-refractivity contribution in [2.24, 2.45) is 0 Å². The average molecular weight is 1600 g/mol. The molecule has 0 fully saturated rings. The van der Waals surface area contributed by atoms with Gasteiger partial charge in [-0.25, -0.2) is 71.4 Å². The van der Waals surface area contributed by atoms with E-state index in [4.69, 9.17) is 85.2 Å². The van der Waals surface area contributed by atoms with Crippen molar-refractivity contribution in [3.8, 4) is 0 Å². The Kier molecular flexibility index (Phi) is 42.8. The molecular formula is C84H134O18Si6. The lowest BCUT2D eigenvalue weighted by atomic mass is 10.2. The van der Waals surface area contributed by atoms with Gasteiger partial charge in [-0.2, -0.15) is 0 Å². The third-order valence-electron chi connectivity index (χ3n) is 13.1. The second-order valence-corrected chi connectivity index (χ2v) is 51.7. The highest BCUT2D eigenvalue weighted by atomic mass is 28.4. The summed E-state index contributed by atoms with van der Waals surface area (Å²) in [6.07, 6.45) is -0.172. The largest absolute Gasteiger partial charge is 0.470 e. The molecular weight excluding hydrogens is 1470 g/mol. The minimum atomic E-state index is -3.12. The van der Waals surface area contributed by atoms with E-state index in [1.54, 1.807) is 22.8 Å². The van der Waals surface area contributed by atoms with Gasteiger partial charge >= 0.3 is 34.0 Å². The number of hydrogen-bond donors (Lipinski definition) is 0. The molecule has 18 nitrogen and oxygen atoms in total. The lowest BCUT2D eigenvalue weighted by Crippen LogP contribution is -2.63. The van der Waals surface area contributed by atoms with Crippen molar-refractivity contribution in [2.45, 2.75) is 251 Å². The fourth-order valence-electron chi connectivity index (χ4n) is 7.46. The molecule has 0 radical (unpaired) electrons. The van der Waals surface area contributed by atoms with Gasteiger partial charge in [0.1, 0.15) is 0 Å². The molecule has 0 aliphatic rings. The zero-order valence-electron chi connectivity index (χ0n) is 70.7. The van der Waals surface area contributed by atoms with Crippen molar-refractivity contribution < 1.29 is 85.2 Å². The zero-order valence-corrected chi connectivity index (χ0v) is 76.7. The van der Waals surface area contributed by atoms with E-state index in [1.807, 2.05) is 343 Å². The molecule has 0 heterocycles. The molecule has 0 aliphatic heterocycles. The highest BCUT2D eigenvalue weighted by molar-refractivity contribution is 6.92. The molecule has 0 saturated carbocycles. The Morgan fingerprint density at radius 2 is 0.509 bits per heavy atom. The Balaban J connectivity index is 0.000000655. The highest BCUT2D eigenvalue weighted by Gasteiger charge is 2.48. The lowest BCUT2D eigenvalue weighted by Gasteiger charge is -2.31. The molecule has 1 unspecified atom stereocenters. The minimum absolute atomic E-state index is 0.0862. The molecule has 24 heteroatoms. The van der Waals surface area contributed by atoms with Crippen LogP contribution in [0, 0.1) is 0 Å². The van der Waals surface area contributed by atoms with Crippen molar-refractivity contribution >= 4 is 81.8 Å². The van der Waals surface area contributed by atoms with Gasteiger partial charge in [0.25, 0.3) is 16.6 Å². The molecule has 0 aliphatic carbocycles. The Morgan fingerprint density at radius 1 is 0.259 bits per heavy atom. The van der Waals surface area contributed by atoms with Gasteiger partial charge in [-0.15, -0.1) is 32.9 Å². The van der Waals surface area contributed by atoms with Gasteiger partial charge in [-0.1, -0.05) is 205 Å². The van der Waals surface area contributed by atoms with Crippen LogP contribution in [0.5, 0.6) is 0 Å². The van der Waals surface area contributed by atoms with Gasteiger partial charge in [0.2, 0.25) is 0 Å². The number of hydrogen-bond acceptors (Lipinski definition) is 18. The SMILES string of the molecule is C=C[Si](C)(OOC(C)(C)C)c1ccccc1.C=C[Si](C=C)(C=C)OOC(C)(C)C.C=C[Si](OOC(C)(C)C)(OOC(C)(C)C)c1ccccc1.CC(C)(C)OO[Si](C)(C)c1ccccc1.CC(C)(C)OO[Si](C)(OOC(C)(C)C)c1ccccc1.CC(C)OO[Si](OOC(C)C)(c1ccccc1)c1ccccc1. The van der Waals surface area contributed by atoms with E-state index < -0.39 is 73.0 Å². The van der Waals surface area contributed by atoms with Crippen LogP contribution in [0.4, 0.5) is 0 Å². The summed E-state index contributed by atoms with van der Waals surface area (Å²) >= 11 is 0. The van der Waals surface area contributed by atoms with Crippen LogP contribution in [0.3, 0.4) is 0 Å². The normalized spacial score (nSPS) is 13.2. The predicted octanol–water partition coefficient (Wildman–Crippen LogP) is 18.6. The first-order valence-electron chi connectivity index (χ1n) is 36.5. The standard InChI is InChI=1S/C18H24O4Si.C16H26O4Si.C15H26O4Si.C13H20O2Si.C12H20O2Si.C10H18O2Si/c1-15(2)19-21-23(22-20-16(3)4,17-11-7-5-8-12-17)18-13-9-6-10-14-18;1-8-21(19-17-15(2,3)4,20-18-16(5,6)7)14-12-10-9-11-13-14;1-14(2,3)16-18-20(7,19-17-15(4,5)6)13-11-9-8-10-12-13;1-6-16(5,15-14-13(2,3)4)12-10-8-7-9-11-12;1-12(2,3)13-14-15(4,5)11-9-7-6-8-10-11;1-7-13(8-2,9-3)12-11-10(4,5)6/h5-16H,1-4H3;8-13H,1H2,2-7H3;8-12H,1-7H3;6-11H,1H2,2-5H3;6-10H,1-5H3;7-9H,1-3H2,4-6H3. The van der Waals surface area contributed by atoms with Crippen LogP contribution in [0.25, 0.3) is 0 Å². The van der Waals surface area contributed by atoms with E-state index in [0.717, 1.165) is 25.9 Å². The number of rotatable bonds is 31. The van der Waals surface area contributed by atoms with Crippen LogP contribution < -0.4 is 31.1 Å². The van der Waals surface area contributed by atoms with Gasteiger partial charge in [0, 0.05) is 15.6 Å². The van der Waals surface area contributed by atoms with Gasteiger partial charge in [-0.05, 0) is 221 Å². The van der Waals surface area contributed by atoms with Crippen molar-refractivity contribution in [1.82, 2.24) is 0 Å². The minimum Gasteiger partial charge on any atom is -0.281 e. The van der Waals surface area contributed by atoms with Gasteiger partial charge in [-0.3, -0.25) is 13.7 Å². The molecule has 6 aromatic carbocycles. The Hall–Kier alpha value is -5.40. The van der Waals surface area contributed by atoms with Crippen molar-refractivity contribution in [3.05, 3.63) is 243 Å². The highest BCUT2D eigenvalue weighted by Crippen LogP contribution is 2.24. The first-order valence-corrected chi connectivity index (χ1v) is 50.1. The summed E-state index contributed by atoms with van der Waals surface area (Å²) < 4.78 is 51.1. The molecule has 602 valence electrons. The summed E-state index contributed by atoms with van der Waals surface area (Å²) in [5.41, 5.74) is 6.09. The van der Waals surface area contributed by atoms with Gasteiger partial charge in [0.15, 0.2) is 0 Å². The molecule has 0 saturated heterocycles. The average Bonchev–Trinajstić information content (AvgIpc) is 0.781. The monoisotopic (exact) mass is 1600 g/mol. The fourth-order valence-corrected chi connectivity index (χ4v) is 18.3. The Labute approximate surface area is 657 Å². The van der Waals surface area contributed by atoms with Crippen molar-refractivity contribution in [2.75, 3.05) is 0 Å². The fraction of sp³-hybridized carbons (Fsp3) is 0.452. The Morgan fingerprint density at radius 3 is 0.787 bits per heavy atom. The summed E-state index contributed by atoms with van der Waals surface area (Å²) in [5.74, 6) is 0. The molecule has 0 spiro atoms. The maximum absolute atomic E-state index is 5.91. The summed E-state index contributed by atoms with van der Waals surface area (Å²) in [7, 11) is -15.3. The summed E-state index contributed by atoms with van der Waals surface area (Å²) in [6, 6.07) is 59.4. The van der Waals surface area contributed by atoms with Crippen LogP contribution in [0.1, 0.15) is 173 Å². The molecule has 6 aromatic rings. The first kappa shape index (κ1) is 101. The van der Waals surface area contributed by atoms with Gasteiger partial charge in [0.05, 0.1) is 51.4 Å². The van der Waals surface area contributed by atoms with E-state index in [-0.39, 0.29) is 29.0 Å². The first-order chi connectivity index (χ1) is 49.7. The summed E-state index contributed by atoms with van der Waals surface area (Å²) in [5, 5.41) is 6.07. The van der Waals surface area contributed by atoms with E-state index in [2.05, 4.69) is 76.8 Å². The van der Waals surface area contributed by atoms with Crippen LogP contribution in [0.2, 0.25) is 26.2 Å². The van der Waals surface area contributed by atoms with E-state index in [9.17, 15) is 0 Å². The maximum Gasteiger partial charge on any atom is 0.470 e. The molecule has 0 N–H and O–H groups in total. The van der Waals surface area contributed by atoms with Crippen molar-refractivity contribution in [3.63, 3.8) is 0 Å². The third kappa shape index (κ3) is 41.8. The summed E-state index contributed by atoms with van der Waals surface area (Å²) in [6.45, 7) is 75.3. The second-order valence-electron chi connectivity index (χ2n) is 33.3. The topological polar surface area (TPSA) is 166 Å². The van der Waals surface area contributed by atoms with E-state index in [0.29, 0.717) is 0 Å². The predicted molar refractivity (Wildman–Crippen MR) is 453 cm³/mol. The Bertz CT molecular complexity index is 3330. The lowest BCUT2D eigenvalue weighted by molar-refractivity contribution is -0.345. The van der Waals surface area contributed by atoms with E-state index in [1.165, 1.54) is 5.19 Å². The van der Waals surface area contributed by atoms with Crippen LogP contribution in [0.15, 0.2) is 243 Å². The third-order valence-corrected chi connectivity index (χ3v) is 27.6. The molecule has 0 bridgehead atoms. The second kappa shape index (κ2) is 45.9. The zero-order chi connectivity index (χ0) is 82.6. The quantitative estimate of drug-likeness (QED) is 0.0229. The molecule has 0 aromatic heterocycles. The van der Waals surface area contributed by atoms with E-state index >= 15 is 0 Å². The molecule has 0 amide bonds. The molecule has 108 heavy (non-hydrogen) atoms. The number of benzene rings is 6. The molecule has 6 rings (SSSR count). The maximum atomic E-state index is 5.91. The van der Waals surface area contributed by atoms with Crippen LogP contribution >= 0.6 is 0 Å². The van der Waals surface area contributed by atoms with Crippen LogP contribution in [-0.4, -0.2) is 102 Å². The van der Waals surface area contributed by atoms with Crippen LogP contribution in [-0.2, 0) is 85.2 Å².